The summed E-state index contributed by atoms with van der Waals surface area (Å²) >= 11 is 0. The third-order valence-electron chi connectivity index (χ3n) is 2.73. The van der Waals surface area contributed by atoms with E-state index in [1.165, 1.54) is 11.0 Å². The van der Waals surface area contributed by atoms with Crippen LogP contribution in [0.1, 0.15) is 5.56 Å². The van der Waals surface area contributed by atoms with Crippen molar-refractivity contribution in [2.75, 3.05) is 32.9 Å². The average Bonchev–Trinajstić information content (AvgIpc) is 2.58. The molecule has 0 saturated carbocycles. The number of nitrogens with zero attached hydrogens (tertiary/aromatic N) is 1. The highest BCUT2D eigenvalue weighted by molar-refractivity contribution is 5.67. The van der Waals surface area contributed by atoms with Crippen LogP contribution in [0.2, 0.25) is 0 Å². The molecular formula is C16H21NO6. The predicted octanol–water partition coefficient (Wildman–Crippen LogP) is 1.96. The van der Waals surface area contributed by atoms with Crippen LogP contribution in [-0.2, 0) is 20.8 Å². The van der Waals surface area contributed by atoms with Gasteiger partial charge in [0, 0.05) is 6.54 Å². The van der Waals surface area contributed by atoms with Gasteiger partial charge < -0.3 is 24.2 Å². The summed E-state index contributed by atoms with van der Waals surface area (Å²) in [5.41, 5.74) is 0.847. The Morgan fingerprint density at radius 3 is 2.52 bits per heavy atom. The second-order valence-corrected chi connectivity index (χ2v) is 4.45. The van der Waals surface area contributed by atoms with Crippen LogP contribution in [0.3, 0.4) is 0 Å². The van der Waals surface area contributed by atoms with Crippen LogP contribution in [0.15, 0.2) is 43.0 Å². The highest BCUT2D eigenvalue weighted by atomic mass is 16.7. The largest absolute Gasteiger partial charge is 0.508 e. The molecule has 23 heavy (non-hydrogen) atoms. The second kappa shape index (κ2) is 11.1. The van der Waals surface area contributed by atoms with Gasteiger partial charge in [-0.05, 0) is 5.56 Å². The summed E-state index contributed by atoms with van der Waals surface area (Å²) in [7, 11) is 0. The zero-order chi connectivity index (χ0) is 16.9. The van der Waals surface area contributed by atoms with E-state index in [1.807, 2.05) is 30.3 Å². The Morgan fingerprint density at radius 2 is 1.87 bits per heavy atom. The lowest BCUT2D eigenvalue weighted by Crippen LogP contribution is -2.37. The SMILES string of the molecule is C=CCOC(=O)N(CCO)CCOC(=O)OCc1ccccc1. The summed E-state index contributed by atoms with van der Waals surface area (Å²) in [6, 6.07) is 9.19. The number of carbonyl (C=O) groups is 2. The van der Waals surface area contributed by atoms with Crippen LogP contribution in [0, 0.1) is 0 Å². The van der Waals surface area contributed by atoms with Gasteiger partial charge in [0.25, 0.3) is 0 Å². The first-order valence-corrected chi connectivity index (χ1v) is 7.14. The average molecular weight is 323 g/mol. The van der Waals surface area contributed by atoms with Crippen molar-refractivity contribution in [1.82, 2.24) is 4.90 Å². The molecule has 0 unspecified atom stereocenters. The standard InChI is InChI=1S/C16H21NO6/c1-2-11-21-15(19)17(8-10-18)9-12-22-16(20)23-13-14-6-4-3-5-7-14/h2-7,18H,1,8-13H2. The van der Waals surface area contributed by atoms with Crippen LogP contribution in [0.4, 0.5) is 9.59 Å². The number of hydrogen-bond acceptors (Lipinski definition) is 6. The first-order chi connectivity index (χ1) is 11.2. The molecule has 7 heteroatoms. The summed E-state index contributed by atoms with van der Waals surface area (Å²) in [5.74, 6) is 0. The molecule has 0 spiro atoms. The normalized spacial score (nSPS) is 9.78. The molecule has 0 atom stereocenters. The Balaban J connectivity index is 2.27. The van der Waals surface area contributed by atoms with Crippen LogP contribution in [-0.4, -0.2) is 55.2 Å². The minimum atomic E-state index is -0.822. The lowest BCUT2D eigenvalue weighted by molar-refractivity contribution is 0.0391. The van der Waals surface area contributed by atoms with Crippen molar-refractivity contribution in [3.63, 3.8) is 0 Å². The summed E-state index contributed by atoms with van der Waals surface area (Å²) in [4.78, 5) is 24.3. The molecule has 1 rings (SSSR count). The van der Waals surface area contributed by atoms with E-state index in [9.17, 15) is 9.59 Å². The van der Waals surface area contributed by atoms with Crippen molar-refractivity contribution >= 4 is 12.2 Å². The van der Waals surface area contributed by atoms with Crippen molar-refractivity contribution in [1.29, 1.82) is 0 Å². The Hall–Kier alpha value is -2.54. The van der Waals surface area contributed by atoms with Gasteiger partial charge in [-0.2, -0.15) is 0 Å². The van der Waals surface area contributed by atoms with E-state index in [-0.39, 0.29) is 39.5 Å². The molecule has 0 aromatic heterocycles. The van der Waals surface area contributed by atoms with Crippen molar-refractivity contribution in [2.45, 2.75) is 6.61 Å². The van der Waals surface area contributed by atoms with E-state index in [0.29, 0.717) is 0 Å². The van der Waals surface area contributed by atoms with Crippen LogP contribution in [0.5, 0.6) is 0 Å². The number of aliphatic hydroxyl groups is 1. The highest BCUT2D eigenvalue weighted by Gasteiger charge is 2.15. The van der Waals surface area contributed by atoms with Gasteiger partial charge in [-0.1, -0.05) is 43.0 Å². The quantitative estimate of drug-likeness (QED) is 0.552. The Kier molecular flexibility index (Phi) is 8.92. The fourth-order valence-corrected chi connectivity index (χ4v) is 1.63. The third-order valence-corrected chi connectivity index (χ3v) is 2.73. The van der Waals surface area contributed by atoms with Gasteiger partial charge >= 0.3 is 12.2 Å². The minimum Gasteiger partial charge on any atom is -0.445 e. The molecule has 126 valence electrons. The highest BCUT2D eigenvalue weighted by Crippen LogP contribution is 2.02. The van der Waals surface area contributed by atoms with Gasteiger partial charge in [-0.15, -0.1) is 0 Å². The topological polar surface area (TPSA) is 85.3 Å². The summed E-state index contributed by atoms with van der Waals surface area (Å²) in [5, 5.41) is 8.93. The number of carbonyl (C=O) groups excluding carboxylic acids is 2. The summed E-state index contributed by atoms with van der Waals surface area (Å²) < 4.78 is 14.7. The zero-order valence-corrected chi connectivity index (χ0v) is 12.8. The van der Waals surface area contributed by atoms with Crippen molar-refractivity contribution in [3.8, 4) is 0 Å². The molecule has 1 aromatic carbocycles. The van der Waals surface area contributed by atoms with Crippen LogP contribution < -0.4 is 0 Å². The van der Waals surface area contributed by atoms with E-state index in [2.05, 4.69) is 6.58 Å². The molecule has 1 amide bonds. The van der Waals surface area contributed by atoms with Crippen molar-refractivity contribution in [2.24, 2.45) is 0 Å². The molecule has 0 fully saturated rings. The molecule has 0 aliphatic rings. The number of ether oxygens (including phenoxy) is 3. The summed E-state index contributed by atoms with van der Waals surface area (Å²) in [6.07, 6.45) is 0.00407. The van der Waals surface area contributed by atoms with Crippen molar-refractivity contribution < 1.29 is 28.9 Å². The first kappa shape index (κ1) is 18.5. The Morgan fingerprint density at radius 1 is 1.13 bits per heavy atom. The van der Waals surface area contributed by atoms with E-state index < -0.39 is 12.2 Å². The molecule has 0 radical (unpaired) electrons. The van der Waals surface area contributed by atoms with E-state index in [0.717, 1.165) is 5.56 Å². The van der Waals surface area contributed by atoms with Gasteiger partial charge in [0.2, 0.25) is 0 Å². The molecule has 0 saturated heterocycles. The van der Waals surface area contributed by atoms with E-state index in [4.69, 9.17) is 19.3 Å². The van der Waals surface area contributed by atoms with E-state index >= 15 is 0 Å². The molecule has 7 nitrogen and oxygen atoms in total. The zero-order valence-electron chi connectivity index (χ0n) is 12.8. The maximum absolute atomic E-state index is 11.7. The molecule has 0 bridgehead atoms. The first-order valence-electron chi connectivity index (χ1n) is 7.14. The van der Waals surface area contributed by atoms with Gasteiger partial charge in [-0.3, -0.25) is 0 Å². The fourth-order valence-electron chi connectivity index (χ4n) is 1.63. The lowest BCUT2D eigenvalue weighted by atomic mass is 10.2. The fraction of sp³-hybridized carbons (Fsp3) is 0.375. The maximum atomic E-state index is 11.7. The molecule has 1 N–H and O–H groups in total. The number of aliphatic hydroxyl groups excluding tert-OH is 1. The maximum Gasteiger partial charge on any atom is 0.508 e. The second-order valence-electron chi connectivity index (χ2n) is 4.45. The van der Waals surface area contributed by atoms with Gasteiger partial charge in [0.1, 0.15) is 19.8 Å². The monoisotopic (exact) mass is 323 g/mol. The van der Waals surface area contributed by atoms with Crippen LogP contribution in [0.25, 0.3) is 0 Å². The van der Waals surface area contributed by atoms with Gasteiger partial charge in [-0.25, -0.2) is 9.59 Å². The minimum absolute atomic E-state index is 0.0587. The molecule has 0 aliphatic heterocycles. The number of amides is 1. The molecule has 0 heterocycles. The smallest absolute Gasteiger partial charge is 0.445 e. The Labute approximate surface area is 135 Å². The summed E-state index contributed by atoms with van der Waals surface area (Å²) in [6.45, 7) is 3.52. The van der Waals surface area contributed by atoms with Gasteiger partial charge in [0.15, 0.2) is 0 Å². The molecule has 1 aromatic rings. The predicted molar refractivity (Wildman–Crippen MR) is 82.8 cm³/mol. The third kappa shape index (κ3) is 7.87. The lowest BCUT2D eigenvalue weighted by Gasteiger charge is -2.20. The number of benzene rings is 1. The van der Waals surface area contributed by atoms with Gasteiger partial charge in [0.05, 0.1) is 13.2 Å². The van der Waals surface area contributed by atoms with E-state index in [1.54, 1.807) is 0 Å². The van der Waals surface area contributed by atoms with Crippen molar-refractivity contribution in [3.05, 3.63) is 48.6 Å². The Bertz CT molecular complexity index is 491. The van der Waals surface area contributed by atoms with Crippen LogP contribution >= 0.6 is 0 Å². The molecular weight excluding hydrogens is 302 g/mol. The number of rotatable bonds is 9. The number of hydrogen-bond donors (Lipinski definition) is 1. The molecule has 0 aliphatic carbocycles.